The molecular formula is C13H11ClO2. The van der Waals surface area contributed by atoms with Gasteiger partial charge in [-0.05, 0) is 18.4 Å². The molecule has 0 heterocycles. The number of carbonyl (C=O) groups excluding carboxylic acids is 1. The standard InChI is InChI=1S/C13H11ClO2/c1-2-16-13(15)11-8-7-9-5-3-4-6-10(9)12(11)14/h3-8H,2H2,1H3. The second-order valence-corrected chi connectivity index (χ2v) is 3.75. The summed E-state index contributed by atoms with van der Waals surface area (Å²) in [6.45, 7) is 2.12. The molecule has 2 nitrogen and oxygen atoms in total. The molecule has 0 saturated heterocycles. The first-order valence-electron chi connectivity index (χ1n) is 5.08. The van der Waals surface area contributed by atoms with Crippen molar-refractivity contribution in [3.63, 3.8) is 0 Å². The van der Waals surface area contributed by atoms with Crippen LogP contribution in [0.25, 0.3) is 10.8 Å². The molecule has 0 amide bonds. The lowest BCUT2D eigenvalue weighted by molar-refractivity contribution is 0.0527. The van der Waals surface area contributed by atoms with Crippen LogP contribution in [0.3, 0.4) is 0 Å². The van der Waals surface area contributed by atoms with E-state index in [1.165, 1.54) is 0 Å². The van der Waals surface area contributed by atoms with Crippen LogP contribution in [-0.4, -0.2) is 12.6 Å². The van der Waals surface area contributed by atoms with Gasteiger partial charge in [0.25, 0.3) is 0 Å². The molecule has 0 radical (unpaired) electrons. The first kappa shape index (κ1) is 11.0. The molecule has 0 spiro atoms. The molecule has 0 fully saturated rings. The molecule has 0 saturated carbocycles. The van der Waals surface area contributed by atoms with E-state index in [1.807, 2.05) is 30.3 Å². The summed E-state index contributed by atoms with van der Waals surface area (Å²) in [6.07, 6.45) is 0. The van der Waals surface area contributed by atoms with Gasteiger partial charge in [0.15, 0.2) is 0 Å². The summed E-state index contributed by atoms with van der Waals surface area (Å²) >= 11 is 6.17. The molecular weight excluding hydrogens is 224 g/mol. The molecule has 16 heavy (non-hydrogen) atoms. The van der Waals surface area contributed by atoms with Crippen molar-refractivity contribution in [2.24, 2.45) is 0 Å². The maximum atomic E-state index is 11.6. The van der Waals surface area contributed by atoms with Crippen LogP contribution in [0.2, 0.25) is 5.02 Å². The third-order valence-electron chi connectivity index (χ3n) is 2.36. The Morgan fingerprint density at radius 3 is 2.75 bits per heavy atom. The largest absolute Gasteiger partial charge is 0.462 e. The van der Waals surface area contributed by atoms with E-state index >= 15 is 0 Å². The summed E-state index contributed by atoms with van der Waals surface area (Å²) < 4.78 is 4.93. The minimum absolute atomic E-state index is 0.349. The lowest BCUT2D eigenvalue weighted by Gasteiger charge is -2.06. The van der Waals surface area contributed by atoms with E-state index in [4.69, 9.17) is 16.3 Å². The highest BCUT2D eigenvalue weighted by Crippen LogP contribution is 2.27. The smallest absolute Gasteiger partial charge is 0.339 e. The number of esters is 1. The van der Waals surface area contributed by atoms with E-state index in [9.17, 15) is 4.79 Å². The number of ether oxygens (including phenoxy) is 1. The van der Waals surface area contributed by atoms with Crippen molar-refractivity contribution in [2.75, 3.05) is 6.61 Å². The van der Waals surface area contributed by atoms with Gasteiger partial charge in [-0.25, -0.2) is 4.79 Å². The van der Waals surface area contributed by atoms with Crippen molar-refractivity contribution in [2.45, 2.75) is 6.92 Å². The van der Waals surface area contributed by atoms with Gasteiger partial charge in [-0.3, -0.25) is 0 Å². The maximum Gasteiger partial charge on any atom is 0.339 e. The molecule has 0 aliphatic rings. The SMILES string of the molecule is CCOC(=O)c1ccc2ccccc2c1Cl. The van der Waals surface area contributed by atoms with Crippen molar-refractivity contribution in [3.05, 3.63) is 47.0 Å². The Balaban J connectivity index is 2.56. The predicted molar refractivity (Wildman–Crippen MR) is 64.9 cm³/mol. The van der Waals surface area contributed by atoms with Crippen LogP contribution >= 0.6 is 11.6 Å². The van der Waals surface area contributed by atoms with E-state index in [2.05, 4.69) is 0 Å². The van der Waals surface area contributed by atoms with Crippen LogP contribution in [0.1, 0.15) is 17.3 Å². The fourth-order valence-electron chi connectivity index (χ4n) is 1.60. The molecule has 0 N–H and O–H groups in total. The number of hydrogen-bond donors (Lipinski definition) is 0. The van der Waals surface area contributed by atoms with Gasteiger partial charge in [0.1, 0.15) is 0 Å². The molecule has 0 atom stereocenters. The average Bonchev–Trinajstić information content (AvgIpc) is 2.30. The van der Waals surface area contributed by atoms with Gasteiger partial charge in [0.05, 0.1) is 17.2 Å². The molecule has 0 aliphatic heterocycles. The molecule has 82 valence electrons. The van der Waals surface area contributed by atoms with Crippen LogP contribution in [0, 0.1) is 0 Å². The van der Waals surface area contributed by atoms with Crippen LogP contribution in [0.4, 0.5) is 0 Å². The number of benzene rings is 2. The number of halogens is 1. The summed E-state index contributed by atoms with van der Waals surface area (Å²) in [7, 11) is 0. The number of hydrogen-bond acceptors (Lipinski definition) is 2. The van der Waals surface area contributed by atoms with Crippen molar-refractivity contribution in [1.82, 2.24) is 0 Å². The van der Waals surface area contributed by atoms with E-state index in [1.54, 1.807) is 13.0 Å². The maximum absolute atomic E-state index is 11.6. The van der Waals surface area contributed by atoms with Gasteiger partial charge in [0, 0.05) is 5.39 Å². The van der Waals surface area contributed by atoms with Crippen LogP contribution in [-0.2, 0) is 4.74 Å². The third-order valence-corrected chi connectivity index (χ3v) is 2.77. The fourth-order valence-corrected chi connectivity index (χ4v) is 1.91. The average molecular weight is 235 g/mol. The van der Waals surface area contributed by atoms with E-state index in [0.717, 1.165) is 10.8 Å². The van der Waals surface area contributed by atoms with Crippen LogP contribution in [0.5, 0.6) is 0 Å². The Kier molecular flexibility index (Phi) is 3.11. The van der Waals surface area contributed by atoms with Crippen molar-refractivity contribution < 1.29 is 9.53 Å². The fraction of sp³-hybridized carbons (Fsp3) is 0.154. The number of fused-ring (bicyclic) bond motifs is 1. The van der Waals surface area contributed by atoms with E-state index < -0.39 is 0 Å². The molecule has 2 rings (SSSR count). The highest BCUT2D eigenvalue weighted by atomic mass is 35.5. The first-order chi connectivity index (χ1) is 7.74. The van der Waals surface area contributed by atoms with Crippen LogP contribution < -0.4 is 0 Å². The first-order valence-corrected chi connectivity index (χ1v) is 5.46. The molecule has 0 aromatic heterocycles. The Bertz CT molecular complexity index is 534. The zero-order valence-corrected chi connectivity index (χ0v) is 9.62. The Labute approximate surface area is 98.8 Å². The van der Waals surface area contributed by atoms with Gasteiger partial charge in [-0.15, -0.1) is 0 Å². The second kappa shape index (κ2) is 4.54. The summed E-state index contributed by atoms with van der Waals surface area (Å²) in [4.78, 5) is 11.6. The van der Waals surface area contributed by atoms with Crippen molar-refractivity contribution >= 4 is 28.3 Å². The normalized spacial score (nSPS) is 10.4. The molecule has 2 aromatic carbocycles. The minimum atomic E-state index is -0.377. The van der Waals surface area contributed by atoms with Gasteiger partial charge in [0.2, 0.25) is 0 Å². The predicted octanol–water partition coefficient (Wildman–Crippen LogP) is 3.67. The van der Waals surface area contributed by atoms with Gasteiger partial charge < -0.3 is 4.74 Å². The zero-order chi connectivity index (χ0) is 11.5. The van der Waals surface area contributed by atoms with Crippen LogP contribution in [0.15, 0.2) is 36.4 Å². The molecule has 3 heteroatoms. The van der Waals surface area contributed by atoms with Gasteiger partial charge in [-0.2, -0.15) is 0 Å². The Morgan fingerprint density at radius 1 is 1.25 bits per heavy atom. The zero-order valence-electron chi connectivity index (χ0n) is 8.87. The highest BCUT2D eigenvalue weighted by Gasteiger charge is 2.13. The van der Waals surface area contributed by atoms with Gasteiger partial charge >= 0.3 is 5.97 Å². The van der Waals surface area contributed by atoms with Gasteiger partial charge in [-0.1, -0.05) is 41.9 Å². The van der Waals surface area contributed by atoms with E-state index in [-0.39, 0.29) is 5.97 Å². The third kappa shape index (κ3) is 1.89. The van der Waals surface area contributed by atoms with E-state index in [0.29, 0.717) is 17.2 Å². The molecule has 2 aromatic rings. The summed E-state index contributed by atoms with van der Waals surface area (Å²) in [5.41, 5.74) is 0.419. The summed E-state index contributed by atoms with van der Waals surface area (Å²) in [5, 5.41) is 2.34. The topological polar surface area (TPSA) is 26.3 Å². The quantitative estimate of drug-likeness (QED) is 0.741. The molecule has 0 unspecified atom stereocenters. The number of carbonyl (C=O) groups is 1. The Morgan fingerprint density at radius 2 is 2.00 bits per heavy atom. The van der Waals surface area contributed by atoms with Crippen molar-refractivity contribution in [1.29, 1.82) is 0 Å². The minimum Gasteiger partial charge on any atom is -0.462 e. The highest BCUT2D eigenvalue weighted by molar-refractivity contribution is 6.38. The van der Waals surface area contributed by atoms with Crippen molar-refractivity contribution in [3.8, 4) is 0 Å². The summed E-state index contributed by atoms with van der Waals surface area (Å²) in [5.74, 6) is -0.377. The monoisotopic (exact) mass is 234 g/mol. The molecule has 0 bridgehead atoms. The Hall–Kier alpha value is -1.54. The summed E-state index contributed by atoms with van der Waals surface area (Å²) in [6, 6.07) is 11.2. The lowest BCUT2D eigenvalue weighted by Crippen LogP contribution is -2.05. The number of rotatable bonds is 2. The second-order valence-electron chi connectivity index (χ2n) is 3.37. The lowest BCUT2D eigenvalue weighted by atomic mass is 10.1. The molecule has 0 aliphatic carbocycles.